The first-order chi connectivity index (χ1) is 15.6. The Labute approximate surface area is 180 Å². The van der Waals surface area contributed by atoms with Gasteiger partial charge in [0.05, 0.1) is 36.9 Å². The highest BCUT2D eigenvalue weighted by molar-refractivity contribution is 5.78. The van der Waals surface area contributed by atoms with Crippen molar-refractivity contribution in [3.05, 3.63) is 70.8 Å². The molecular formula is C25H23FN4O. The lowest BCUT2D eigenvalue weighted by Gasteiger charge is -2.11. The zero-order chi connectivity index (χ0) is 22.1. The van der Waals surface area contributed by atoms with Gasteiger partial charge in [-0.3, -0.25) is 4.39 Å². The van der Waals surface area contributed by atoms with Crippen LogP contribution in [-0.4, -0.2) is 33.2 Å². The molecule has 2 N–H and O–H groups in total. The molecule has 3 aromatic rings. The number of ether oxygens (including phenoxy) is 1. The number of fused-ring (bicyclic) bond motifs is 8. The van der Waals surface area contributed by atoms with Gasteiger partial charge in [0.15, 0.2) is 0 Å². The number of hydrogen-bond acceptors (Lipinski definition) is 3. The molecular weight excluding hydrogens is 391 g/mol. The second kappa shape index (κ2) is 8.32. The number of aromatic amines is 2. The molecule has 0 radical (unpaired) electrons. The van der Waals surface area contributed by atoms with Crippen LogP contribution in [0.2, 0.25) is 0 Å². The maximum Gasteiger partial charge on any atom is 0.0916 e. The van der Waals surface area contributed by atoms with Gasteiger partial charge in [-0.25, -0.2) is 9.97 Å². The van der Waals surface area contributed by atoms with Crippen molar-refractivity contribution in [3.63, 3.8) is 0 Å². The smallest absolute Gasteiger partial charge is 0.0916 e. The molecule has 1 unspecified atom stereocenters. The molecule has 0 spiro atoms. The van der Waals surface area contributed by atoms with Crippen LogP contribution in [0.5, 0.6) is 0 Å². The number of hydrogen-bond donors (Lipinski definition) is 2. The lowest BCUT2D eigenvalue weighted by atomic mass is 10.1. The van der Waals surface area contributed by atoms with E-state index in [0.29, 0.717) is 24.6 Å². The molecule has 2 aliphatic rings. The first-order valence-electron chi connectivity index (χ1n) is 10.8. The molecule has 0 aromatic carbocycles. The lowest BCUT2D eigenvalue weighted by molar-refractivity contribution is 0.0619. The first kappa shape index (κ1) is 18.3. The van der Waals surface area contributed by atoms with E-state index in [-0.39, 0.29) is 6.10 Å². The number of aromatic nitrogens is 4. The molecule has 0 saturated carbocycles. The number of nitrogens with one attached hydrogen (secondary N) is 2. The third kappa shape index (κ3) is 4.34. The molecule has 0 saturated heterocycles. The van der Waals surface area contributed by atoms with Gasteiger partial charge in [-0.05, 0) is 80.1 Å². The Balaban J connectivity index is 1.75. The summed E-state index contributed by atoms with van der Waals surface area (Å²) in [7, 11) is 0. The third-order valence-electron chi connectivity index (χ3n) is 5.17. The van der Waals surface area contributed by atoms with Gasteiger partial charge in [-0.1, -0.05) is 0 Å². The van der Waals surface area contributed by atoms with Gasteiger partial charge in [-0.15, -0.1) is 0 Å². The highest BCUT2D eigenvalue weighted by atomic mass is 19.1. The number of halogens is 1. The third-order valence-corrected chi connectivity index (χ3v) is 5.17. The average Bonchev–Trinajstić information content (AvgIpc) is 3.54. The molecule has 5 rings (SSSR count). The summed E-state index contributed by atoms with van der Waals surface area (Å²) in [6, 6.07) is 12.1. The minimum Gasteiger partial charge on any atom is -0.374 e. The predicted octanol–water partition coefficient (Wildman–Crippen LogP) is 6.09. The van der Waals surface area contributed by atoms with E-state index in [4.69, 9.17) is 6.11 Å². The maximum atomic E-state index is 12.5. The van der Waals surface area contributed by atoms with Crippen molar-refractivity contribution in [1.82, 2.24) is 19.9 Å². The lowest BCUT2D eigenvalue weighted by Crippen LogP contribution is -2.01. The standard InChI is InChI=1S/C25H23FN4O/c1-16(31-10-2-9-26)24-14-23-13-21-6-5-19(28-21)11-17-3-4-18(27-17)12-20-7-8-22(29-20)15-25(24)30-23/h3-8,11-16,27,30H,2,9-10H2,1H3/i14D. The van der Waals surface area contributed by atoms with Gasteiger partial charge < -0.3 is 14.7 Å². The second-order valence-electron chi connectivity index (χ2n) is 7.58. The predicted molar refractivity (Wildman–Crippen MR) is 124 cm³/mol. The molecule has 6 heteroatoms. The molecule has 0 amide bonds. The van der Waals surface area contributed by atoms with Gasteiger partial charge in [0, 0.05) is 34.2 Å². The summed E-state index contributed by atoms with van der Waals surface area (Å²) in [6.07, 6.45) is 7.74. The second-order valence-corrected chi connectivity index (χ2v) is 7.58. The first-order valence-corrected chi connectivity index (χ1v) is 10.3. The largest absolute Gasteiger partial charge is 0.374 e. The fourth-order valence-electron chi connectivity index (χ4n) is 3.68. The molecule has 0 fully saturated rings. The van der Waals surface area contributed by atoms with Crippen LogP contribution in [-0.2, 0) is 4.74 Å². The van der Waals surface area contributed by atoms with Crippen molar-refractivity contribution in [2.24, 2.45) is 0 Å². The fraction of sp³-hybridized carbons (Fsp3) is 0.200. The molecule has 1 atom stereocenters. The van der Waals surface area contributed by atoms with E-state index < -0.39 is 6.67 Å². The molecule has 3 aromatic heterocycles. The maximum absolute atomic E-state index is 12.5. The van der Waals surface area contributed by atoms with Crippen molar-refractivity contribution in [2.75, 3.05) is 13.3 Å². The van der Waals surface area contributed by atoms with Crippen molar-refractivity contribution < 1.29 is 10.5 Å². The molecule has 2 aliphatic heterocycles. The normalized spacial score (nSPS) is 14.1. The SMILES string of the molecule is [2H]c1c(C(C)OCCCF)c2cc3nc(cc4ccc(cc5nc(cc1[nH]2)C=C5)[nH]4)C=C3. The minimum absolute atomic E-state index is 0.302. The number of nitrogens with zero attached hydrogens (tertiary/aromatic N) is 2. The Morgan fingerprint density at radius 2 is 1.48 bits per heavy atom. The summed E-state index contributed by atoms with van der Waals surface area (Å²) in [6.45, 7) is 1.76. The summed E-state index contributed by atoms with van der Waals surface area (Å²) in [5, 5.41) is 0. The van der Waals surface area contributed by atoms with Gasteiger partial charge in [0.2, 0.25) is 0 Å². The molecule has 0 aliphatic carbocycles. The minimum atomic E-state index is -0.424. The van der Waals surface area contributed by atoms with Crippen LogP contribution in [0.1, 0.15) is 49.2 Å². The van der Waals surface area contributed by atoms with Crippen LogP contribution in [0.3, 0.4) is 0 Å². The van der Waals surface area contributed by atoms with Crippen LogP contribution in [0.25, 0.3) is 46.4 Å². The van der Waals surface area contributed by atoms with Gasteiger partial charge >= 0.3 is 0 Å². The van der Waals surface area contributed by atoms with Crippen LogP contribution >= 0.6 is 0 Å². The van der Waals surface area contributed by atoms with Crippen LogP contribution in [0.4, 0.5) is 4.39 Å². The summed E-state index contributed by atoms with van der Waals surface area (Å²) < 4.78 is 27.1. The van der Waals surface area contributed by atoms with Gasteiger partial charge in [-0.2, -0.15) is 0 Å². The van der Waals surface area contributed by atoms with Crippen LogP contribution in [0, 0.1) is 0 Å². The molecule has 31 heavy (non-hydrogen) atoms. The van der Waals surface area contributed by atoms with Crippen molar-refractivity contribution in [2.45, 2.75) is 19.4 Å². The Hall–Kier alpha value is -3.51. The van der Waals surface area contributed by atoms with Crippen molar-refractivity contribution in [1.29, 1.82) is 0 Å². The number of alkyl halides is 1. The van der Waals surface area contributed by atoms with E-state index in [1.54, 1.807) is 0 Å². The Morgan fingerprint density at radius 1 is 0.903 bits per heavy atom. The quantitative estimate of drug-likeness (QED) is 0.341. The molecule has 156 valence electrons. The Bertz CT molecular complexity index is 1390. The van der Waals surface area contributed by atoms with Crippen LogP contribution < -0.4 is 0 Å². The summed E-state index contributed by atoms with van der Waals surface area (Å²) >= 11 is 0. The Morgan fingerprint density at radius 3 is 2.10 bits per heavy atom. The van der Waals surface area contributed by atoms with E-state index in [1.807, 2.05) is 67.6 Å². The summed E-state index contributed by atoms with van der Waals surface area (Å²) in [5.74, 6) is 0. The van der Waals surface area contributed by atoms with Gasteiger partial charge in [0.25, 0.3) is 0 Å². The molecule has 5 nitrogen and oxygen atoms in total. The highest BCUT2D eigenvalue weighted by Crippen LogP contribution is 2.26. The van der Waals surface area contributed by atoms with E-state index >= 15 is 0 Å². The van der Waals surface area contributed by atoms with E-state index in [2.05, 4.69) is 19.9 Å². The number of H-pyrrole nitrogens is 2. The zero-order valence-corrected chi connectivity index (χ0v) is 17.2. The summed E-state index contributed by atoms with van der Waals surface area (Å²) in [4.78, 5) is 16.0. The molecule has 5 heterocycles. The Kier molecular flexibility index (Phi) is 4.90. The van der Waals surface area contributed by atoms with E-state index in [0.717, 1.165) is 44.9 Å². The van der Waals surface area contributed by atoms with E-state index in [9.17, 15) is 4.39 Å². The molecule has 8 bridgehead atoms. The van der Waals surface area contributed by atoms with Crippen molar-refractivity contribution in [3.8, 4) is 0 Å². The van der Waals surface area contributed by atoms with Gasteiger partial charge in [0.1, 0.15) is 0 Å². The fourth-order valence-corrected chi connectivity index (χ4v) is 3.68. The highest BCUT2D eigenvalue weighted by Gasteiger charge is 2.12. The summed E-state index contributed by atoms with van der Waals surface area (Å²) in [5.41, 5.74) is 7.24. The zero-order valence-electron chi connectivity index (χ0n) is 18.2. The van der Waals surface area contributed by atoms with Crippen LogP contribution in [0.15, 0.2) is 42.4 Å². The van der Waals surface area contributed by atoms with Crippen molar-refractivity contribution >= 4 is 46.4 Å². The monoisotopic (exact) mass is 415 g/mol. The topological polar surface area (TPSA) is 66.6 Å². The number of rotatable bonds is 5. The van der Waals surface area contributed by atoms with E-state index in [1.165, 1.54) is 0 Å². The average molecular weight is 415 g/mol.